The highest BCUT2D eigenvalue weighted by Crippen LogP contribution is 2.41. The van der Waals surface area contributed by atoms with Crippen molar-refractivity contribution in [2.45, 2.75) is 25.5 Å². The summed E-state index contributed by atoms with van der Waals surface area (Å²) >= 11 is 0. The van der Waals surface area contributed by atoms with Crippen LogP contribution in [0, 0.1) is 10.1 Å². The number of rotatable bonds is 10. The number of non-ortho nitro benzene ring substituents is 1. The van der Waals surface area contributed by atoms with Crippen molar-refractivity contribution in [1.29, 1.82) is 0 Å². The molecule has 0 unspecified atom stereocenters. The molecule has 11 heteroatoms. The number of ether oxygens (including phenoxy) is 4. The van der Waals surface area contributed by atoms with Crippen LogP contribution < -0.4 is 14.2 Å². The highest BCUT2D eigenvalue weighted by atomic mass is 16.6. The second kappa shape index (κ2) is 11.1. The molecule has 0 aliphatic carbocycles. The maximum absolute atomic E-state index is 13.4. The van der Waals surface area contributed by atoms with Crippen molar-refractivity contribution < 1.29 is 33.2 Å². The molecule has 2 heterocycles. The SMILES string of the molecule is COc1cc(-c2cc(CN(C[C@@H]3CCCO3)C(=O)c3cccc([N+](=O)[O-])c3)no2)cc(OC)c1OC. The number of carbonyl (C=O) groups is 1. The first-order valence-electron chi connectivity index (χ1n) is 11.3. The lowest BCUT2D eigenvalue weighted by molar-refractivity contribution is -0.384. The number of methoxy groups -OCH3 is 3. The van der Waals surface area contributed by atoms with Crippen LogP contribution in [0.15, 0.2) is 47.0 Å². The van der Waals surface area contributed by atoms with Crippen LogP contribution in [0.3, 0.4) is 0 Å². The smallest absolute Gasteiger partial charge is 0.270 e. The Bertz CT molecular complexity index is 1210. The van der Waals surface area contributed by atoms with Crippen LogP contribution in [0.1, 0.15) is 28.9 Å². The quantitative estimate of drug-likeness (QED) is 0.300. The van der Waals surface area contributed by atoms with E-state index in [2.05, 4.69) is 5.16 Å². The van der Waals surface area contributed by atoms with Gasteiger partial charge < -0.3 is 28.4 Å². The van der Waals surface area contributed by atoms with Gasteiger partial charge in [0.15, 0.2) is 17.3 Å². The molecule has 4 rings (SSSR count). The summed E-state index contributed by atoms with van der Waals surface area (Å²) in [7, 11) is 4.57. The molecule has 1 atom stereocenters. The summed E-state index contributed by atoms with van der Waals surface area (Å²) in [4.78, 5) is 25.6. The summed E-state index contributed by atoms with van der Waals surface area (Å²) in [6.45, 7) is 1.10. The van der Waals surface area contributed by atoms with Crippen molar-refractivity contribution >= 4 is 11.6 Å². The first kappa shape index (κ1) is 25.0. The van der Waals surface area contributed by atoms with Gasteiger partial charge in [-0.05, 0) is 31.0 Å². The third-order valence-corrected chi connectivity index (χ3v) is 5.90. The Labute approximate surface area is 207 Å². The molecule has 1 aliphatic rings. The predicted molar refractivity (Wildman–Crippen MR) is 128 cm³/mol. The third-order valence-electron chi connectivity index (χ3n) is 5.90. The number of carbonyl (C=O) groups excluding carboxylic acids is 1. The van der Waals surface area contributed by atoms with Crippen molar-refractivity contribution in [1.82, 2.24) is 10.1 Å². The first-order chi connectivity index (χ1) is 17.4. The minimum absolute atomic E-state index is 0.117. The van der Waals surface area contributed by atoms with E-state index in [1.807, 2.05) is 0 Å². The Kier molecular flexibility index (Phi) is 7.69. The molecule has 2 aromatic carbocycles. The number of hydrogen-bond acceptors (Lipinski definition) is 9. The Hall–Kier alpha value is -4.12. The Morgan fingerprint density at radius 3 is 2.50 bits per heavy atom. The van der Waals surface area contributed by atoms with Crippen molar-refractivity contribution in [2.24, 2.45) is 0 Å². The summed E-state index contributed by atoms with van der Waals surface area (Å²) in [5.41, 5.74) is 1.23. The molecule has 1 aliphatic heterocycles. The largest absolute Gasteiger partial charge is 0.493 e. The Morgan fingerprint density at radius 2 is 1.89 bits per heavy atom. The summed E-state index contributed by atoms with van der Waals surface area (Å²) in [5, 5.41) is 15.3. The molecule has 1 aromatic heterocycles. The molecule has 0 spiro atoms. The molecule has 0 saturated carbocycles. The fourth-order valence-corrected chi connectivity index (χ4v) is 4.13. The molecular formula is C25H27N3O8. The van der Waals surface area contributed by atoms with Crippen LogP contribution in [0.2, 0.25) is 0 Å². The lowest BCUT2D eigenvalue weighted by Crippen LogP contribution is -2.37. The van der Waals surface area contributed by atoms with E-state index in [4.69, 9.17) is 23.5 Å². The highest BCUT2D eigenvalue weighted by Gasteiger charge is 2.26. The van der Waals surface area contributed by atoms with Crippen LogP contribution in [-0.2, 0) is 11.3 Å². The van der Waals surface area contributed by atoms with Gasteiger partial charge in [0.2, 0.25) is 5.75 Å². The maximum atomic E-state index is 13.4. The zero-order chi connectivity index (χ0) is 25.7. The molecule has 0 radical (unpaired) electrons. The lowest BCUT2D eigenvalue weighted by Gasteiger charge is -2.24. The van der Waals surface area contributed by atoms with E-state index in [0.29, 0.717) is 47.4 Å². The van der Waals surface area contributed by atoms with Gasteiger partial charge in [-0.25, -0.2) is 0 Å². The number of amides is 1. The summed E-state index contributed by atoms with van der Waals surface area (Å²) in [5.74, 6) is 1.47. The molecule has 1 amide bonds. The average Bonchev–Trinajstić information content (AvgIpc) is 3.59. The summed E-state index contributed by atoms with van der Waals surface area (Å²) in [6.07, 6.45) is 1.63. The van der Waals surface area contributed by atoms with E-state index in [0.717, 1.165) is 12.8 Å². The van der Waals surface area contributed by atoms with E-state index in [1.54, 1.807) is 29.2 Å². The number of nitrogens with zero attached hydrogens (tertiary/aromatic N) is 3. The van der Waals surface area contributed by atoms with Crippen LogP contribution in [0.5, 0.6) is 17.2 Å². The van der Waals surface area contributed by atoms with Gasteiger partial charge in [0.25, 0.3) is 11.6 Å². The van der Waals surface area contributed by atoms with Gasteiger partial charge in [0.05, 0.1) is 38.9 Å². The van der Waals surface area contributed by atoms with E-state index >= 15 is 0 Å². The molecule has 36 heavy (non-hydrogen) atoms. The minimum Gasteiger partial charge on any atom is -0.493 e. The standard InChI is InChI=1S/C25H27N3O8/c1-32-22-11-17(12-23(33-2)24(22)34-3)21-13-18(26-36-21)14-27(15-20-8-5-9-35-20)25(29)16-6-4-7-19(10-16)28(30)31/h4,6-7,10-13,20H,5,8-9,14-15H2,1-3H3/t20-/m0/s1. The summed E-state index contributed by atoms with van der Waals surface area (Å²) < 4.78 is 27.5. The number of nitro benzene ring substituents is 1. The topological polar surface area (TPSA) is 126 Å². The average molecular weight is 498 g/mol. The van der Waals surface area contributed by atoms with Crippen molar-refractivity contribution in [3.63, 3.8) is 0 Å². The number of hydrogen-bond donors (Lipinski definition) is 0. The first-order valence-corrected chi connectivity index (χ1v) is 11.3. The molecule has 3 aromatic rings. The Balaban J connectivity index is 1.61. The number of aromatic nitrogens is 1. The maximum Gasteiger partial charge on any atom is 0.270 e. The molecule has 1 saturated heterocycles. The zero-order valence-electron chi connectivity index (χ0n) is 20.3. The predicted octanol–water partition coefficient (Wildman–Crippen LogP) is 4.10. The molecule has 0 bridgehead atoms. The van der Waals surface area contributed by atoms with Gasteiger partial charge in [0.1, 0.15) is 5.69 Å². The normalized spacial score (nSPS) is 14.9. The van der Waals surface area contributed by atoms with E-state index in [1.165, 1.54) is 39.5 Å². The van der Waals surface area contributed by atoms with E-state index < -0.39 is 4.92 Å². The van der Waals surface area contributed by atoms with Gasteiger partial charge in [-0.1, -0.05) is 11.2 Å². The lowest BCUT2D eigenvalue weighted by atomic mass is 10.1. The van der Waals surface area contributed by atoms with E-state index in [-0.39, 0.29) is 29.8 Å². The van der Waals surface area contributed by atoms with Gasteiger partial charge in [-0.3, -0.25) is 14.9 Å². The van der Waals surface area contributed by atoms with Crippen molar-refractivity contribution in [3.05, 3.63) is 63.8 Å². The molecular weight excluding hydrogens is 470 g/mol. The van der Waals surface area contributed by atoms with Crippen LogP contribution >= 0.6 is 0 Å². The molecule has 11 nitrogen and oxygen atoms in total. The highest BCUT2D eigenvalue weighted by molar-refractivity contribution is 5.94. The van der Waals surface area contributed by atoms with Crippen molar-refractivity contribution in [2.75, 3.05) is 34.5 Å². The van der Waals surface area contributed by atoms with Gasteiger partial charge in [-0.2, -0.15) is 0 Å². The van der Waals surface area contributed by atoms with Gasteiger partial charge >= 0.3 is 0 Å². The monoisotopic (exact) mass is 497 g/mol. The fourth-order valence-electron chi connectivity index (χ4n) is 4.13. The van der Waals surface area contributed by atoms with Crippen LogP contribution in [0.4, 0.5) is 5.69 Å². The Morgan fingerprint density at radius 1 is 1.14 bits per heavy atom. The number of nitro groups is 1. The van der Waals surface area contributed by atoms with Crippen LogP contribution in [0.25, 0.3) is 11.3 Å². The van der Waals surface area contributed by atoms with Crippen molar-refractivity contribution in [3.8, 4) is 28.6 Å². The summed E-state index contributed by atoms with van der Waals surface area (Å²) in [6, 6.07) is 10.9. The van der Waals surface area contributed by atoms with E-state index in [9.17, 15) is 14.9 Å². The minimum atomic E-state index is -0.525. The number of benzene rings is 2. The molecule has 1 fully saturated rings. The van der Waals surface area contributed by atoms with Gasteiger partial charge in [-0.15, -0.1) is 0 Å². The van der Waals surface area contributed by atoms with Crippen LogP contribution in [-0.4, -0.2) is 61.5 Å². The van der Waals surface area contributed by atoms with Gasteiger partial charge in [0, 0.05) is 42.5 Å². The fraction of sp³-hybridized carbons (Fsp3) is 0.360. The molecule has 0 N–H and O–H groups in total. The third kappa shape index (κ3) is 5.41. The zero-order valence-corrected chi connectivity index (χ0v) is 20.3. The second-order valence-corrected chi connectivity index (χ2v) is 8.22. The second-order valence-electron chi connectivity index (χ2n) is 8.22. The molecule has 190 valence electrons.